The van der Waals surface area contributed by atoms with E-state index < -0.39 is 11.9 Å². The molecule has 84 valence electrons. The van der Waals surface area contributed by atoms with E-state index in [0.717, 1.165) is 11.3 Å². The summed E-state index contributed by atoms with van der Waals surface area (Å²) in [6, 6.07) is 1.40. The van der Waals surface area contributed by atoms with Gasteiger partial charge in [0.1, 0.15) is 15.4 Å². The first-order valence-corrected chi connectivity index (χ1v) is 5.24. The molecular weight excluding hydrogens is 250 g/mol. The van der Waals surface area contributed by atoms with Crippen molar-refractivity contribution >= 4 is 46.3 Å². The standard InChI is InChI=1S/C9H7NO4S2/c1-13-8(11)6-3-5(10-4-15)7(16-6)9(12)14-2/h3H,1-2H3. The predicted molar refractivity (Wildman–Crippen MR) is 61.7 cm³/mol. The molecule has 0 saturated heterocycles. The number of methoxy groups -OCH3 is 2. The molecule has 5 nitrogen and oxygen atoms in total. The summed E-state index contributed by atoms with van der Waals surface area (Å²) >= 11 is 5.38. The number of isothiocyanates is 1. The van der Waals surface area contributed by atoms with E-state index in [1.54, 1.807) is 0 Å². The second-order valence-corrected chi connectivity index (χ2v) is 3.75. The van der Waals surface area contributed by atoms with Crippen LogP contribution in [-0.4, -0.2) is 31.3 Å². The Bertz CT molecular complexity index is 474. The van der Waals surface area contributed by atoms with Gasteiger partial charge in [-0.2, -0.15) is 4.99 Å². The van der Waals surface area contributed by atoms with Gasteiger partial charge in [0.15, 0.2) is 0 Å². The predicted octanol–water partition coefficient (Wildman–Crippen LogP) is 2.06. The van der Waals surface area contributed by atoms with E-state index in [-0.39, 0.29) is 15.4 Å². The molecule has 0 amide bonds. The van der Waals surface area contributed by atoms with E-state index in [4.69, 9.17) is 0 Å². The van der Waals surface area contributed by atoms with Gasteiger partial charge in [-0.3, -0.25) is 0 Å². The molecule has 0 bridgehead atoms. The molecule has 0 fully saturated rings. The fourth-order valence-electron chi connectivity index (χ4n) is 0.954. The Morgan fingerprint density at radius 3 is 2.50 bits per heavy atom. The molecule has 0 radical (unpaired) electrons. The van der Waals surface area contributed by atoms with Crippen LogP contribution in [0.25, 0.3) is 0 Å². The highest BCUT2D eigenvalue weighted by molar-refractivity contribution is 7.78. The van der Waals surface area contributed by atoms with Gasteiger partial charge < -0.3 is 9.47 Å². The smallest absolute Gasteiger partial charge is 0.350 e. The molecule has 0 saturated carbocycles. The number of carbonyl (C=O) groups excluding carboxylic acids is 2. The van der Waals surface area contributed by atoms with Gasteiger partial charge in [-0.1, -0.05) is 0 Å². The zero-order chi connectivity index (χ0) is 12.1. The lowest BCUT2D eigenvalue weighted by molar-refractivity contribution is 0.0600. The van der Waals surface area contributed by atoms with Gasteiger partial charge in [0.05, 0.1) is 19.4 Å². The minimum Gasteiger partial charge on any atom is -0.465 e. The molecule has 7 heteroatoms. The lowest BCUT2D eigenvalue weighted by Crippen LogP contribution is -1.98. The molecule has 0 aliphatic heterocycles. The molecule has 1 rings (SSSR count). The third-order valence-corrected chi connectivity index (χ3v) is 2.81. The van der Waals surface area contributed by atoms with Crippen LogP contribution >= 0.6 is 23.6 Å². The molecule has 0 aliphatic rings. The second-order valence-electron chi connectivity index (χ2n) is 2.51. The summed E-state index contributed by atoms with van der Waals surface area (Å²) in [4.78, 5) is 26.7. The van der Waals surface area contributed by atoms with Crippen molar-refractivity contribution in [3.63, 3.8) is 0 Å². The fourth-order valence-corrected chi connectivity index (χ4v) is 1.99. The van der Waals surface area contributed by atoms with Crippen molar-refractivity contribution in [3.8, 4) is 0 Å². The number of nitrogens with zero attached hydrogens (tertiary/aromatic N) is 1. The average molecular weight is 257 g/mol. The van der Waals surface area contributed by atoms with Crippen molar-refractivity contribution in [2.75, 3.05) is 14.2 Å². The van der Waals surface area contributed by atoms with E-state index >= 15 is 0 Å². The highest BCUT2D eigenvalue weighted by atomic mass is 32.1. The molecule has 0 aromatic carbocycles. The van der Waals surface area contributed by atoms with Gasteiger partial charge in [-0.25, -0.2) is 9.59 Å². The van der Waals surface area contributed by atoms with Crippen LogP contribution in [0.4, 0.5) is 5.69 Å². The molecule has 0 unspecified atom stereocenters. The van der Waals surface area contributed by atoms with Crippen molar-refractivity contribution < 1.29 is 19.1 Å². The van der Waals surface area contributed by atoms with Crippen LogP contribution in [-0.2, 0) is 9.47 Å². The molecule has 0 atom stereocenters. The number of ether oxygens (including phenoxy) is 2. The third kappa shape index (κ3) is 2.52. The van der Waals surface area contributed by atoms with Crippen LogP contribution in [0, 0.1) is 0 Å². The first-order chi connectivity index (χ1) is 7.63. The largest absolute Gasteiger partial charge is 0.465 e. The fraction of sp³-hybridized carbons (Fsp3) is 0.222. The van der Waals surface area contributed by atoms with Gasteiger partial charge in [-0.05, 0) is 18.3 Å². The normalized spacial score (nSPS) is 9.12. The molecule has 1 aromatic rings. The van der Waals surface area contributed by atoms with E-state index in [9.17, 15) is 9.59 Å². The first-order valence-electron chi connectivity index (χ1n) is 4.02. The number of esters is 2. The SMILES string of the molecule is COC(=O)c1cc(N=C=S)c(C(=O)OC)s1. The minimum atomic E-state index is -0.579. The van der Waals surface area contributed by atoms with Gasteiger partial charge in [-0.15, -0.1) is 11.3 Å². The molecule has 1 heterocycles. The van der Waals surface area contributed by atoms with E-state index in [1.165, 1.54) is 20.3 Å². The summed E-state index contributed by atoms with van der Waals surface area (Å²) in [5.74, 6) is -1.12. The minimum absolute atomic E-state index is 0.195. The van der Waals surface area contributed by atoms with Crippen molar-refractivity contribution in [2.24, 2.45) is 4.99 Å². The topological polar surface area (TPSA) is 65.0 Å². The summed E-state index contributed by atoms with van der Waals surface area (Å²) in [6.07, 6.45) is 0. The van der Waals surface area contributed by atoms with Crippen LogP contribution < -0.4 is 0 Å². The number of carbonyl (C=O) groups is 2. The van der Waals surface area contributed by atoms with Crippen molar-refractivity contribution in [1.29, 1.82) is 0 Å². The Kier molecular flexibility index (Phi) is 4.30. The maximum Gasteiger partial charge on any atom is 0.350 e. The van der Waals surface area contributed by atoms with E-state index in [1.807, 2.05) is 0 Å². The molecule has 0 spiro atoms. The molecular formula is C9H7NO4S2. The Morgan fingerprint density at radius 2 is 2.00 bits per heavy atom. The Hall–Kier alpha value is -1.56. The monoisotopic (exact) mass is 257 g/mol. The van der Waals surface area contributed by atoms with Crippen LogP contribution in [0.3, 0.4) is 0 Å². The van der Waals surface area contributed by atoms with Gasteiger partial charge in [0.2, 0.25) is 0 Å². The highest BCUT2D eigenvalue weighted by Crippen LogP contribution is 2.30. The maximum atomic E-state index is 11.3. The molecule has 16 heavy (non-hydrogen) atoms. The number of rotatable bonds is 3. The van der Waals surface area contributed by atoms with Crippen molar-refractivity contribution in [2.45, 2.75) is 0 Å². The number of hydrogen-bond donors (Lipinski definition) is 0. The zero-order valence-corrected chi connectivity index (χ0v) is 10.1. The molecule has 0 N–H and O–H groups in total. The van der Waals surface area contributed by atoms with E-state index in [2.05, 4.69) is 31.8 Å². The number of aliphatic imine (C=N–C) groups is 1. The molecule has 0 aliphatic carbocycles. The quantitative estimate of drug-likeness (QED) is 0.471. The number of hydrogen-bond acceptors (Lipinski definition) is 7. The third-order valence-electron chi connectivity index (χ3n) is 1.64. The van der Waals surface area contributed by atoms with E-state index in [0.29, 0.717) is 0 Å². The van der Waals surface area contributed by atoms with Crippen LogP contribution in [0.2, 0.25) is 0 Å². The average Bonchev–Trinajstić information content (AvgIpc) is 2.71. The number of thiocarbonyl (C=S) groups is 1. The van der Waals surface area contributed by atoms with Crippen LogP contribution in [0.1, 0.15) is 19.3 Å². The Balaban J connectivity index is 3.24. The van der Waals surface area contributed by atoms with Crippen LogP contribution in [0.15, 0.2) is 11.1 Å². The summed E-state index contributed by atoms with van der Waals surface area (Å²) < 4.78 is 9.07. The first kappa shape index (κ1) is 12.5. The maximum absolute atomic E-state index is 11.3. The Labute approximate surface area is 101 Å². The summed E-state index contributed by atoms with van der Waals surface area (Å²) in [5, 5.41) is 2.13. The summed E-state index contributed by atoms with van der Waals surface area (Å²) in [7, 11) is 2.49. The molecule has 1 aromatic heterocycles. The van der Waals surface area contributed by atoms with Gasteiger partial charge >= 0.3 is 11.9 Å². The zero-order valence-electron chi connectivity index (χ0n) is 8.47. The van der Waals surface area contributed by atoms with Crippen molar-refractivity contribution in [3.05, 3.63) is 15.8 Å². The Morgan fingerprint density at radius 1 is 1.38 bits per heavy atom. The summed E-state index contributed by atoms with van der Waals surface area (Å²) in [6.45, 7) is 0. The lowest BCUT2D eigenvalue weighted by atomic mass is 10.3. The highest BCUT2D eigenvalue weighted by Gasteiger charge is 2.20. The second kappa shape index (κ2) is 5.50. The lowest BCUT2D eigenvalue weighted by Gasteiger charge is -1.94. The number of thiophene rings is 1. The van der Waals surface area contributed by atoms with Gasteiger partial charge in [0, 0.05) is 0 Å². The summed E-state index contributed by atoms with van der Waals surface area (Å²) in [5.41, 5.74) is 0.257. The van der Waals surface area contributed by atoms with Gasteiger partial charge in [0.25, 0.3) is 0 Å². The van der Waals surface area contributed by atoms with Crippen molar-refractivity contribution in [1.82, 2.24) is 0 Å². The van der Waals surface area contributed by atoms with Crippen LogP contribution in [0.5, 0.6) is 0 Å².